The third-order valence-corrected chi connectivity index (χ3v) is 6.60. The first-order valence-corrected chi connectivity index (χ1v) is 13.3. The topological polar surface area (TPSA) is 75.6 Å². The van der Waals surface area contributed by atoms with Crippen LogP contribution in [0.3, 0.4) is 0 Å². The summed E-state index contributed by atoms with van der Waals surface area (Å²) < 4.78 is 6.32. The molecule has 0 N–H and O–H groups in total. The van der Waals surface area contributed by atoms with Crippen molar-refractivity contribution in [1.29, 1.82) is 0 Å². The highest BCUT2D eigenvalue weighted by atomic mass is 35.5. The molecule has 3 aromatic rings. The minimum atomic E-state index is -0.332. The van der Waals surface area contributed by atoms with E-state index in [9.17, 15) is 9.59 Å². The van der Waals surface area contributed by atoms with Crippen LogP contribution in [0.5, 0.6) is 5.75 Å². The Morgan fingerprint density at radius 1 is 1.10 bits per heavy atom. The zero-order valence-corrected chi connectivity index (χ0v) is 24.5. The van der Waals surface area contributed by atoms with Crippen molar-refractivity contribution < 1.29 is 14.3 Å². The van der Waals surface area contributed by atoms with Gasteiger partial charge in [0.25, 0.3) is 0 Å². The Morgan fingerprint density at radius 2 is 1.77 bits per heavy atom. The lowest BCUT2D eigenvalue weighted by atomic mass is 10.0. The molecule has 3 rings (SSSR count). The molecule has 0 fully saturated rings. The van der Waals surface area contributed by atoms with Crippen molar-refractivity contribution in [3.8, 4) is 5.75 Å². The van der Waals surface area contributed by atoms with Crippen molar-refractivity contribution >= 4 is 40.0 Å². The van der Waals surface area contributed by atoms with Crippen molar-refractivity contribution in [2.24, 2.45) is 11.8 Å². The van der Waals surface area contributed by atoms with Crippen LogP contribution in [-0.4, -0.2) is 45.7 Å². The minimum absolute atomic E-state index is 0.0653. The van der Waals surface area contributed by atoms with Gasteiger partial charge in [0.15, 0.2) is 0 Å². The predicted octanol–water partition coefficient (Wildman–Crippen LogP) is 6.43. The molecule has 2 amide bonds. The van der Waals surface area contributed by atoms with E-state index < -0.39 is 0 Å². The maximum absolute atomic E-state index is 12.9. The number of aryl methyl sites for hydroxylation is 1. The van der Waals surface area contributed by atoms with Gasteiger partial charge in [0.2, 0.25) is 11.8 Å². The molecule has 1 aromatic carbocycles. The molecule has 7 nitrogen and oxygen atoms in total. The normalized spacial score (nSPS) is 11.7. The summed E-state index contributed by atoms with van der Waals surface area (Å²) in [5.41, 5.74) is 4.91. The van der Waals surface area contributed by atoms with Crippen molar-refractivity contribution in [3.63, 3.8) is 0 Å². The van der Waals surface area contributed by atoms with Gasteiger partial charge in [0, 0.05) is 66.2 Å². The van der Waals surface area contributed by atoms with Crippen LogP contribution in [0.4, 0.5) is 0 Å². The average molecular weight is 549 g/mol. The number of halogens is 1. The van der Waals surface area contributed by atoms with Gasteiger partial charge in [-0.3, -0.25) is 19.5 Å². The Kier molecular flexibility index (Phi) is 9.86. The number of nitrogens with zero attached hydrogens (tertiary/aromatic N) is 4. The van der Waals surface area contributed by atoms with Gasteiger partial charge in [0.1, 0.15) is 17.9 Å². The van der Waals surface area contributed by atoms with E-state index in [0.29, 0.717) is 21.9 Å². The summed E-state index contributed by atoms with van der Waals surface area (Å²) >= 11 is 6.57. The molecular weight excluding hydrogens is 512 g/mol. The number of fused-ring (bicyclic) bond motifs is 1. The fourth-order valence-corrected chi connectivity index (χ4v) is 4.51. The first kappa shape index (κ1) is 29.8. The summed E-state index contributed by atoms with van der Waals surface area (Å²) in [5, 5.41) is 1.34. The number of rotatable bonds is 10. The molecule has 0 aliphatic rings. The summed E-state index contributed by atoms with van der Waals surface area (Å²) in [6.45, 7) is 13.1. The second kappa shape index (κ2) is 12.9. The third kappa shape index (κ3) is 6.84. The molecule has 8 heteroatoms. The first-order chi connectivity index (χ1) is 18.5. The van der Waals surface area contributed by atoms with Crippen LogP contribution < -0.4 is 4.74 Å². The van der Waals surface area contributed by atoms with E-state index in [-0.39, 0.29) is 36.8 Å². The molecule has 0 saturated heterocycles. The number of aromatic nitrogens is 2. The van der Waals surface area contributed by atoms with Gasteiger partial charge in [-0.2, -0.15) is 0 Å². The minimum Gasteiger partial charge on any atom is -0.487 e. The van der Waals surface area contributed by atoms with E-state index >= 15 is 0 Å². The number of allylic oxidation sites excluding steroid dienone is 2. The Bertz CT molecular complexity index is 1390. The molecule has 0 bridgehead atoms. The maximum Gasteiger partial charge on any atom is 0.232 e. The van der Waals surface area contributed by atoms with Crippen LogP contribution in [0.15, 0.2) is 55.4 Å². The molecule has 2 heterocycles. The van der Waals surface area contributed by atoms with Crippen molar-refractivity contribution in [2.75, 3.05) is 14.1 Å². The summed E-state index contributed by atoms with van der Waals surface area (Å²) in [7, 11) is 3.98. The number of carbonyl (C=O) groups excluding carboxylic acids is 2. The molecule has 2 aromatic heterocycles. The van der Waals surface area contributed by atoms with Crippen molar-refractivity contribution in [3.05, 3.63) is 82.8 Å². The zero-order valence-electron chi connectivity index (χ0n) is 23.8. The monoisotopic (exact) mass is 548 g/mol. The van der Waals surface area contributed by atoms with Gasteiger partial charge in [-0.1, -0.05) is 64.1 Å². The maximum atomic E-state index is 12.9. The quantitative estimate of drug-likeness (QED) is 0.272. The van der Waals surface area contributed by atoms with Crippen LogP contribution in [-0.2, 0) is 22.7 Å². The van der Waals surface area contributed by atoms with Gasteiger partial charge >= 0.3 is 0 Å². The Hall–Kier alpha value is -3.71. The number of hydrogen-bond acceptors (Lipinski definition) is 6. The lowest BCUT2D eigenvalue weighted by Gasteiger charge is -2.26. The number of imide groups is 1. The van der Waals surface area contributed by atoms with Crippen LogP contribution in [0.25, 0.3) is 16.6 Å². The number of carbonyl (C=O) groups is 2. The molecule has 0 atom stereocenters. The SMILES string of the molecule is C=C/C=C(/c1cc(C)nc2c(OCc3c(Cl)cncc3CN(C(=O)C(C)C)C(=O)C(C)C)cccc12)N(C)C. The number of benzene rings is 1. The van der Waals surface area contributed by atoms with Crippen LogP contribution in [0, 0.1) is 18.8 Å². The lowest BCUT2D eigenvalue weighted by molar-refractivity contribution is -0.149. The van der Waals surface area contributed by atoms with E-state index in [4.69, 9.17) is 21.3 Å². The fraction of sp³-hybridized carbons (Fsp3) is 0.355. The highest BCUT2D eigenvalue weighted by Crippen LogP contribution is 2.33. The van der Waals surface area contributed by atoms with E-state index in [1.54, 1.807) is 40.0 Å². The second-order valence-corrected chi connectivity index (χ2v) is 10.7. The Balaban J connectivity index is 2.02. The highest BCUT2D eigenvalue weighted by Gasteiger charge is 2.27. The summed E-state index contributed by atoms with van der Waals surface area (Å²) in [6, 6.07) is 7.86. The molecule has 0 saturated carbocycles. The smallest absolute Gasteiger partial charge is 0.232 e. The summed E-state index contributed by atoms with van der Waals surface area (Å²) in [6.07, 6.45) is 6.90. The molecule has 39 heavy (non-hydrogen) atoms. The number of hydrogen-bond donors (Lipinski definition) is 0. The molecule has 0 unspecified atom stereocenters. The predicted molar refractivity (Wildman–Crippen MR) is 157 cm³/mol. The Morgan fingerprint density at radius 3 is 2.36 bits per heavy atom. The van der Waals surface area contributed by atoms with E-state index in [2.05, 4.69) is 11.6 Å². The molecule has 0 spiro atoms. The largest absolute Gasteiger partial charge is 0.487 e. The van der Waals surface area contributed by atoms with Gasteiger partial charge < -0.3 is 9.64 Å². The highest BCUT2D eigenvalue weighted by molar-refractivity contribution is 6.31. The second-order valence-electron chi connectivity index (χ2n) is 10.3. The first-order valence-electron chi connectivity index (χ1n) is 13.0. The summed E-state index contributed by atoms with van der Waals surface area (Å²) in [4.78, 5) is 38.2. The van der Waals surface area contributed by atoms with Gasteiger partial charge in [0.05, 0.1) is 11.6 Å². The van der Waals surface area contributed by atoms with Crippen LogP contribution in [0.1, 0.15) is 50.1 Å². The molecular formula is C31H37ClN4O3. The lowest BCUT2D eigenvalue weighted by Crippen LogP contribution is -2.41. The fourth-order valence-electron chi connectivity index (χ4n) is 4.28. The standard InChI is InChI=1S/C31H37ClN4O3/c1-9-11-27(35(7)8)24-14-21(6)34-29-23(24)12-10-13-28(29)39-18-25-22(15-33-16-26(25)32)17-36(30(37)19(2)3)31(38)20(4)5/h9-16,19-20H,1,17-18H2,2-8H3/b27-11-. The average Bonchev–Trinajstić information content (AvgIpc) is 2.88. The number of ether oxygens (including phenoxy) is 1. The van der Waals surface area contributed by atoms with Gasteiger partial charge in [-0.25, -0.2) is 4.98 Å². The van der Waals surface area contributed by atoms with Crippen molar-refractivity contribution in [1.82, 2.24) is 19.8 Å². The molecule has 0 radical (unpaired) electrons. The van der Waals surface area contributed by atoms with E-state index in [1.807, 2.05) is 56.3 Å². The zero-order chi connectivity index (χ0) is 28.9. The van der Waals surface area contributed by atoms with Gasteiger partial charge in [-0.15, -0.1) is 0 Å². The van der Waals surface area contributed by atoms with Crippen LogP contribution >= 0.6 is 11.6 Å². The number of para-hydroxylation sites is 1. The molecule has 0 aliphatic heterocycles. The van der Waals surface area contributed by atoms with Crippen LogP contribution in [0.2, 0.25) is 5.02 Å². The van der Waals surface area contributed by atoms with Gasteiger partial charge in [-0.05, 0) is 30.7 Å². The van der Waals surface area contributed by atoms with Crippen molar-refractivity contribution in [2.45, 2.75) is 47.8 Å². The molecule has 206 valence electrons. The van der Waals surface area contributed by atoms with E-state index in [1.165, 1.54) is 11.1 Å². The Labute approximate surface area is 236 Å². The van der Waals surface area contributed by atoms with E-state index in [0.717, 1.165) is 27.9 Å². The number of pyridine rings is 2. The number of amides is 2. The molecule has 0 aliphatic carbocycles. The third-order valence-electron chi connectivity index (χ3n) is 6.28. The summed E-state index contributed by atoms with van der Waals surface area (Å²) in [5.74, 6) is -0.555.